The standard InChI is InChI=1S/C9H13N3O4/c1-9(16,5-13)4-11-7-3-10-2-6(12-7)8(14)15/h2-3,13,16H,4-5H2,1H3,(H,11,12)(H,14,15). The van der Waals surface area contributed by atoms with Gasteiger partial charge in [0.2, 0.25) is 0 Å². The molecule has 88 valence electrons. The predicted molar refractivity (Wildman–Crippen MR) is 55.2 cm³/mol. The fourth-order valence-corrected chi connectivity index (χ4v) is 0.891. The summed E-state index contributed by atoms with van der Waals surface area (Å²) in [7, 11) is 0. The Kier molecular flexibility index (Phi) is 3.75. The Bertz CT molecular complexity index is 381. The molecule has 0 fully saturated rings. The van der Waals surface area contributed by atoms with Crippen LogP contribution in [0.2, 0.25) is 0 Å². The monoisotopic (exact) mass is 227 g/mol. The number of aliphatic hydroxyl groups is 2. The lowest BCUT2D eigenvalue weighted by molar-refractivity contribution is 0.0131. The minimum atomic E-state index is -1.29. The average molecular weight is 227 g/mol. The van der Waals surface area contributed by atoms with Gasteiger partial charge in [0.05, 0.1) is 19.0 Å². The molecule has 0 spiro atoms. The van der Waals surface area contributed by atoms with Crippen molar-refractivity contribution in [2.75, 3.05) is 18.5 Å². The van der Waals surface area contributed by atoms with Crippen LogP contribution in [0.15, 0.2) is 12.4 Å². The summed E-state index contributed by atoms with van der Waals surface area (Å²) in [4.78, 5) is 18.0. The first-order valence-electron chi connectivity index (χ1n) is 4.57. The molecule has 1 unspecified atom stereocenters. The summed E-state index contributed by atoms with van der Waals surface area (Å²) in [5.74, 6) is -0.946. The van der Waals surface area contributed by atoms with E-state index in [0.29, 0.717) is 0 Å². The van der Waals surface area contributed by atoms with Crippen molar-refractivity contribution in [3.8, 4) is 0 Å². The maximum atomic E-state index is 10.6. The van der Waals surface area contributed by atoms with Crippen molar-refractivity contribution >= 4 is 11.8 Å². The highest BCUT2D eigenvalue weighted by Gasteiger charge is 2.18. The molecule has 0 aromatic carbocycles. The van der Waals surface area contributed by atoms with Crippen LogP contribution in [0.3, 0.4) is 0 Å². The zero-order valence-corrected chi connectivity index (χ0v) is 8.71. The van der Waals surface area contributed by atoms with Crippen LogP contribution >= 0.6 is 0 Å². The Balaban J connectivity index is 2.68. The largest absolute Gasteiger partial charge is 0.476 e. The minimum Gasteiger partial charge on any atom is -0.476 e. The molecule has 0 bridgehead atoms. The van der Waals surface area contributed by atoms with Gasteiger partial charge in [-0.3, -0.25) is 4.98 Å². The number of carbonyl (C=O) groups is 1. The van der Waals surface area contributed by atoms with E-state index in [-0.39, 0.29) is 18.1 Å². The topological polar surface area (TPSA) is 116 Å². The average Bonchev–Trinajstić information content (AvgIpc) is 2.27. The molecule has 0 aliphatic rings. The number of nitrogens with zero attached hydrogens (tertiary/aromatic N) is 2. The van der Waals surface area contributed by atoms with Gasteiger partial charge in [-0.2, -0.15) is 0 Å². The lowest BCUT2D eigenvalue weighted by atomic mass is 10.1. The van der Waals surface area contributed by atoms with Crippen LogP contribution in [0.1, 0.15) is 17.4 Å². The smallest absolute Gasteiger partial charge is 0.356 e. The van der Waals surface area contributed by atoms with Crippen LogP contribution in [0, 0.1) is 0 Å². The molecule has 0 saturated heterocycles. The van der Waals surface area contributed by atoms with E-state index in [2.05, 4.69) is 15.3 Å². The number of anilines is 1. The zero-order chi connectivity index (χ0) is 12.2. The molecular formula is C9H13N3O4. The van der Waals surface area contributed by atoms with Crippen molar-refractivity contribution < 1.29 is 20.1 Å². The number of carboxylic acid groups (broad SMARTS) is 1. The van der Waals surface area contributed by atoms with Gasteiger partial charge in [0.15, 0.2) is 5.69 Å². The van der Waals surface area contributed by atoms with Gasteiger partial charge in [-0.1, -0.05) is 0 Å². The van der Waals surface area contributed by atoms with E-state index in [0.717, 1.165) is 6.20 Å². The molecule has 1 aromatic rings. The number of hydrogen-bond acceptors (Lipinski definition) is 6. The van der Waals surface area contributed by atoms with E-state index in [1.54, 1.807) is 0 Å². The molecular weight excluding hydrogens is 214 g/mol. The first kappa shape index (κ1) is 12.3. The van der Waals surface area contributed by atoms with Gasteiger partial charge in [-0.25, -0.2) is 9.78 Å². The highest BCUT2D eigenvalue weighted by Crippen LogP contribution is 2.06. The van der Waals surface area contributed by atoms with E-state index >= 15 is 0 Å². The number of aromatic nitrogens is 2. The van der Waals surface area contributed by atoms with Gasteiger partial charge in [-0.05, 0) is 6.92 Å². The molecule has 0 radical (unpaired) electrons. The number of rotatable bonds is 5. The Labute approximate surface area is 91.8 Å². The fraction of sp³-hybridized carbons (Fsp3) is 0.444. The first-order chi connectivity index (χ1) is 7.44. The molecule has 1 rings (SSSR count). The molecule has 0 aliphatic heterocycles. The molecule has 0 saturated carbocycles. The summed E-state index contributed by atoms with van der Waals surface area (Å²) in [5, 5.41) is 29.6. The van der Waals surface area contributed by atoms with Crippen molar-refractivity contribution in [2.45, 2.75) is 12.5 Å². The van der Waals surface area contributed by atoms with Crippen molar-refractivity contribution in [3.63, 3.8) is 0 Å². The maximum absolute atomic E-state index is 10.6. The predicted octanol–water partition coefficient (Wildman–Crippen LogP) is -0.670. The van der Waals surface area contributed by atoms with E-state index < -0.39 is 18.2 Å². The molecule has 1 heterocycles. The minimum absolute atomic E-state index is 0.0429. The van der Waals surface area contributed by atoms with Crippen molar-refractivity contribution in [2.24, 2.45) is 0 Å². The van der Waals surface area contributed by atoms with E-state index in [1.165, 1.54) is 13.1 Å². The Hall–Kier alpha value is -1.73. The van der Waals surface area contributed by atoms with Gasteiger partial charge in [0.25, 0.3) is 0 Å². The summed E-state index contributed by atoms with van der Waals surface area (Å²) < 4.78 is 0. The summed E-state index contributed by atoms with van der Waals surface area (Å²) in [6.07, 6.45) is 2.46. The lowest BCUT2D eigenvalue weighted by Gasteiger charge is -2.20. The second kappa shape index (κ2) is 4.86. The summed E-state index contributed by atoms with van der Waals surface area (Å²) in [6.45, 7) is 1.07. The normalized spacial score (nSPS) is 14.2. The van der Waals surface area contributed by atoms with Crippen LogP contribution < -0.4 is 5.32 Å². The molecule has 16 heavy (non-hydrogen) atoms. The quantitative estimate of drug-likeness (QED) is 0.527. The third-order valence-electron chi connectivity index (χ3n) is 1.84. The number of carboxylic acids is 1. The molecule has 1 aromatic heterocycles. The highest BCUT2D eigenvalue weighted by atomic mass is 16.4. The van der Waals surface area contributed by atoms with Gasteiger partial charge in [0, 0.05) is 6.54 Å². The second-order valence-corrected chi connectivity index (χ2v) is 3.60. The Morgan fingerprint density at radius 1 is 1.56 bits per heavy atom. The number of aliphatic hydroxyl groups excluding tert-OH is 1. The van der Waals surface area contributed by atoms with Gasteiger partial charge >= 0.3 is 5.97 Å². The van der Waals surface area contributed by atoms with E-state index in [9.17, 15) is 9.90 Å². The van der Waals surface area contributed by atoms with Gasteiger partial charge in [-0.15, -0.1) is 0 Å². The third-order valence-corrected chi connectivity index (χ3v) is 1.84. The highest BCUT2D eigenvalue weighted by molar-refractivity contribution is 5.85. The summed E-state index contributed by atoms with van der Waals surface area (Å²) in [5.41, 5.74) is -1.48. The van der Waals surface area contributed by atoms with Crippen molar-refractivity contribution in [3.05, 3.63) is 18.1 Å². The van der Waals surface area contributed by atoms with Crippen molar-refractivity contribution in [1.29, 1.82) is 0 Å². The van der Waals surface area contributed by atoms with Crippen LogP contribution in [-0.2, 0) is 0 Å². The zero-order valence-electron chi connectivity index (χ0n) is 8.71. The Morgan fingerprint density at radius 3 is 2.81 bits per heavy atom. The molecule has 4 N–H and O–H groups in total. The van der Waals surface area contributed by atoms with Gasteiger partial charge < -0.3 is 20.6 Å². The molecule has 7 nitrogen and oxygen atoms in total. The van der Waals surface area contributed by atoms with Crippen LogP contribution in [0.4, 0.5) is 5.82 Å². The van der Waals surface area contributed by atoms with Crippen molar-refractivity contribution in [1.82, 2.24) is 9.97 Å². The molecule has 0 amide bonds. The van der Waals surface area contributed by atoms with Gasteiger partial charge in [0.1, 0.15) is 11.4 Å². The second-order valence-electron chi connectivity index (χ2n) is 3.60. The number of hydrogen-bond donors (Lipinski definition) is 4. The Morgan fingerprint density at radius 2 is 2.25 bits per heavy atom. The van der Waals surface area contributed by atoms with E-state index in [4.69, 9.17) is 10.2 Å². The third kappa shape index (κ3) is 3.44. The number of nitrogens with one attached hydrogen (secondary N) is 1. The number of aromatic carboxylic acids is 1. The molecule has 1 atom stereocenters. The summed E-state index contributed by atoms with van der Waals surface area (Å²) >= 11 is 0. The SMILES string of the molecule is CC(O)(CO)CNc1cncc(C(=O)O)n1. The van der Waals surface area contributed by atoms with Crippen LogP contribution in [-0.4, -0.2) is 50.0 Å². The fourth-order valence-electron chi connectivity index (χ4n) is 0.891. The first-order valence-corrected chi connectivity index (χ1v) is 4.57. The lowest BCUT2D eigenvalue weighted by Crippen LogP contribution is -2.37. The van der Waals surface area contributed by atoms with Crippen LogP contribution in [0.5, 0.6) is 0 Å². The molecule has 7 heteroatoms. The summed E-state index contributed by atoms with van der Waals surface area (Å²) in [6, 6.07) is 0. The maximum Gasteiger partial charge on any atom is 0.356 e. The van der Waals surface area contributed by atoms with Crippen LogP contribution in [0.25, 0.3) is 0 Å². The molecule has 0 aliphatic carbocycles. The van der Waals surface area contributed by atoms with E-state index in [1.807, 2.05) is 0 Å².